The number of carbonyl (C=O) groups excluding carboxylic acids is 2. The van der Waals surface area contributed by atoms with Crippen molar-refractivity contribution in [2.75, 3.05) is 0 Å². The second-order valence-corrected chi connectivity index (χ2v) is 13.2. The molecule has 0 aliphatic carbocycles. The van der Waals surface area contributed by atoms with E-state index >= 15 is 0 Å². The van der Waals surface area contributed by atoms with Gasteiger partial charge in [0.15, 0.2) is 0 Å². The SMILES string of the molecule is O=C(O)CC(CC(=O)O)c1ccc(Cl)c(Cl)c1.O=C(O)CC(CC(=O)OC(=O)CC(CC(=O)O)c1ccc(Cl)c(Cl)c1)c1ccc(Cl)c(Cl)c1. The Hall–Kier alpha value is -3.58. The van der Waals surface area contributed by atoms with E-state index in [0.29, 0.717) is 21.7 Å². The van der Waals surface area contributed by atoms with E-state index in [9.17, 15) is 39.0 Å². The summed E-state index contributed by atoms with van der Waals surface area (Å²) in [6.07, 6.45) is -2.16. The number of esters is 2. The van der Waals surface area contributed by atoms with Crippen molar-refractivity contribution in [1.82, 2.24) is 0 Å². The minimum atomic E-state index is -1.16. The third-order valence-corrected chi connectivity index (χ3v) is 9.20. The van der Waals surface area contributed by atoms with Gasteiger partial charge in [-0.05, 0) is 53.1 Å². The molecule has 0 aliphatic rings. The van der Waals surface area contributed by atoms with Gasteiger partial charge >= 0.3 is 35.8 Å². The lowest BCUT2D eigenvalue weighted by atomic mass is 9.92. The number of benzene rings is 3. The van der Waals surface area contributed by atoms with Gasteiger partial charge < -0.3 is 25.2 Å². The molecule has 4 N–H and O–H groups in total. The maximum absolute atomic E-state index is 12.4. The molecule has 0 radical (unpaired) electrons. The van der Waals surface area contributed by atoms with Crippen LogP contribution in [-0.4, -0.2) is 56.2 Å². The first kappa shape index (κ1) is 42.6. The van der Waals surface area contributed by atoms with Gasteiger partial charge in [0.1, 0.15) is 0 Å². The van der Waals surface area contributed by atoms with Crippen LogP contribution in [0.25, 0.3) is 0 Å². The average Bonchev–Trinajstić information content (AvgIpc) is 2.99. The zero-order valence-corrected chi connectivity index (χ0v) is 30.1. The lowest BCUT2D eigenvalue weighted by molar-refractivity contribution is -0.160. The van der Waals surface area contributed by atoms with E-state index in [1.165, 1.54) is 48.5 Å². The molecular formula is C33H28Cl6O11. The van der Waals surface area contributed by atoms with Gasteiger partial charge in [-0.3, -0.25) is 28.8 Å². The minimum Gasteiger partial charge on any atom is -0.481 e. The standard InChI is InChI=1S/C22H18Cl4O7.C11H10Cl2O4/c23-15-3-1-11(5-17(15)25)13(7-19(27)28)9-21(31)33-22(32)10-14(8-20(29)30)12-2-4-16(24)18(26)6-12;12-8-2-1-6(3-9(8)13)7(4-10(14)15)5-11(16)17/h1-6,13-14H,7-10H2,(H,27,28)(H,29,30);1-3,7H,4-5H2,(H,14,15)(H,16,17). The highest BCUT2D eigenvalue weighted by Crippen LogP contribution is 2.33. The number of rotatable bonds is 15. The molecule has 3 aromatic rings. The third kappa shape index (κ3) is 14.7. The summed E-state index contributed by atoms with van der Waals surface area (Å²) in [5.41, 5.74) is 1.44. The van der Waals surface area contributed by atoms with Crippen LogP contribution in [0.4, 0.5) is 0 Å². The summed E-state index contributed by atoms with van der Waals surface area (Å²) in [5, 5.41) is 37.4. The van der Waals surface area contributed by atoms with Crippen LogP contribution in [0.15, 0.2) is 54.6 Å². The zero-order valence-electron chi connectivity index (χ0n) is 25.6. The van der Waals surface area contributed by atoms with Crippen LogP contribution in [-0.2, 0) is 33.5 Å². The Kier molecular flexibility index (Phi) is 17.3. The Morgan fingerprint density at radius 3 is 0.880 bits per heavy atom. The van der Waals surface area contributed by atoms with E-state index in [0.717, 1.165) is 0 Å². The van der Waals surface area contributed by atoms with Crippen LogP contribution >= 0.6 is 69.6 Å². The molecule has 0 amide bonds. The average molecular weight is 813 g/mol. The molecule has 2 unspecified atom stereocenters. The third-order valence-electron chi connectivity index (χ3n) is 6.98. The molecule has 17 heteroatoms. The van der Waals surface area contributed by atoms with Gasteiger partial charge in [0.25, 0.3) is 0 Å². The Bertz CT molecular complexity index is 1650. The fourth-order valence-corrected chi connectivity index (χ4v) is 5.60. The predicted molar refractivity (Wildman–Crippen MR) is 187 cm³/mol. The first-order valence-corrected chi connectivity index (χ1v) is 16.6. The summed E-state index contributed by atoms with van der Waals surface area (Å²) in [7, 11) is 0. The summed E-state index contributed by atoms with van der Waals surface area (Å²) < 4.78 is 4.84. The Labute approximate surface area is 315 Å². The van der Waals surface area contributed by atoms with Crippen LogP contribution in [0.2, 0.25) is 30.1 Å². The van der Waals surface area contributed by atoms with E-state index in [4.69, 9.17) is 84.6 Å². The van der Waals surface area contributed by atoms with E-state index in [-0.39, 0.29) is 38.0 Å². The van der Waals surface area contributed by atoms with Gasteiger partial charge in [-0.25, -0.2) is 0 Å². The van der Waals surface area contributed by atoms with Crippen molar-refractivity contribution in [2.45, 2.75) is 56.3 Å². The zero-order chi connectivity index (χ0) is 37.7. The molecule has 0 spiro atoms. The van der Waals surface area contributed by atoms with Gasteiger partial charge in [0.05, 0.1) is 68.7 Å². The topological polar surface area (TPSA) is 193 Å². The molecule has 0 aliphatic heterocycles. The number of carboxylic acids is 4. The van der Waals surface area contributed by atoms with Crippen molar-refractivity contribution < 1.29 is 53.9 Å². The molecule has 50 heavy (non-hydrogen) atoms. The van der Waals surface area contributed by atoms with Crippen LogP contribution in [0, 0.1) is 0 Å². The van der Waals surface area contributed by atoms with Crippen LogP contribution in [0.3, 0.4) is 0 Å². The molecule has 11 nitrogen and oxygen atoms in total. The summed E-state index contributed by atoms with van der Waals surface area (Å²) in [5.74, 6) is -8.59. The van der Waals surface area contributed by atoms with Crippen LogP contribution < -0.4 is 0 Å². The number of aliphatic carboxylic acids is 4. The lowest BCUT2D eigenvalue weighted by Crippen LogP contribution is -2.19. The molecular weight excluding hydrogens is 785 g/mol. The Balaban J connectivity index is 0.000000428. The van der Waals surface area contributed by atoms with Crippen molar-refractivity contribution in [3.63, 3.8) is 0 Å². The fraction of sp³-hybridized carbons (Fsp3) is 0.273. The number of carbonyl (C=O) groups is 6. The van der Waals surface area contributed by atoms with E-state index in [2.05, 4.69) is 0 Å². The molecule has 0 saturated heterocycles. The van der Waals surface area contributed by atoms with Gasteiger partial charge in [-0.2, -0.15) is 0 Å². The molecule has 0 aromatic heterocycles. The molecule has 2 atom stereocenters. The first-order chi connectivity index (χ1) is 23.4. The van der Waals surface area contributed by atoms with Crippen LogP contribution in [0.5, 0.6) is 0 Å². The minimum absolute atomic E-state index is 0.187. The largest absolute Gasteiger partial charge is 0.481 e. The van der Waals surface area contributed by atoms with Crippen molar-refractivity contribution in [1.29, 1.82) is 0 Å². The van der Waals surface area contributed by atoms with E-state index in [1.54, 1.807) is 6.07 Å². The van der Waals surface area contributed by atoms with Gasteiger partial charge in [0.2, 0.25) is 0 Å². The van der Waals surface area contributed by atoms with E-state index in [1.807, 2.05) is 0 Å². The first-order valence-electron chi connectivity index (χ1n) is 14.3. The Morgan fingerprint density at radius 2 is 0.660 bits per heavy atom. The molecule has 0 bridgehead atoms. The monoisotopic (exact) mass is 810 g/mol. The van der Waals surface area contributed by atoms with E-state index < -0.39 is 79.3 Å². The van der Waals surface area contributed by atoms with Crippen molar-refractivity contribution >= 4 is 105 Å². The summed E-state index contributed by atoms with van der Waals surface area (Å²) in [6.45, 7) is 0. The number of ether oxygens (including phenoxy) is 1. The maximum Gasteiger partial charge on any atom is 0.314 e. The molecule has 0 fully saturated rings. The van der Waals surface area contributed by atoms with Crippen molar-refractivity contribution in [2.24, 2.45) is 0 Å². The quantitative estimate of drug-likeness (QED) is 0.0846. The smallest absolute Gasteiger partial charge is 0.314 e. The lowest BCUT2D eigenvalue weighted by Gasteiger charge is -2.17. The van der Waals surface area contributed by atoms with Gasteiger partial charge in [-0.15, -0.1) is 0 Å². The molecule has 0 heterocycles. The van der Waals surface area contributed by atoms with Crippen molar-refractivity contribution in [3.05, 3.63) is 101 Å². The summed E-state index contributed by atoms with van der Waals surface area (Å²) in [6, 6.07) is 13.5. The predicted octanol–water partition coefficient (Wildman–Crippen LogP) is 8.99. The van der Waals surface area contributed by atoms with Crippen LogP contribution in [0.1, 0.15) is 73.0 Å². The van der Waals surface area contributed by atoms with Crippen molar-refractivity contribution in [3.8, 4) is 0 Å². The normalized spacial score (nSPS) is 11.9. The second kappa shape index (κ2) is 20.3. The number of hydrogen-bond acceptors (Lipinski definition) is 7. The molecule has 0 saturated carbocycles. The summed E-state index contributed by atoms with van der Waals surface area (Å²) in [4.78, 5) is 68.5. The molecule has 3 rings (SSSR count). The maximum atomic E-state index is 12.4. The second-order valence-electron chi connectivity index (χ2n) is 10.8. The highest BCUT2D eigenvalue weighted by Gasteiger charge is 2.26. The number of halogens is 6. The Morgan fingerprint density at radius 1 is 0.420 bits per heavy atom. The molecule has 3 aromatic carbocycles. The van der Waals surface area contributed by atoms with Gasteiger partial charge in [0, 0.05) is 17.8 Å². The highest BCUT2D eigenvalue weighted by atomic mass is 35.5. The fourth-order valence-electron chi connectivity index (χ4n) is 4.68. The number of hydrogen-bond donors (Lipinski definition) is 4. The highest BCUT2D eigenvalue weighted by molar-refractivity contribution is 6.43. The number of carboxylic acid groups (broad SMARTS) is 4. The molecule has 268 valence electrons. The summed E-state index contributed by atoms with van der Waals surface area (Å²) >= 11 is 35.2. The van der Waals surface area contributed by atoms with Gasteiger partial charge in [-0.1, -0.05) is 87.8 Å².